The van der Waals surface area contributed by atoms with Crippen LogP contribution in [0.5, 0.6) is 5.75 Å². The van der Waals surface area contributed by atoms with Crippen LogP contribution in [0, 0.1) is 11.5 Å². The number of rotatable bonds is 2. The Hall–Kier alpha value is -2.51. The van der Waals surface area contributed by atoms with Crippen molar-refractivity contribution in [2.45, 2.75) is 12.5 Å². The summed E-state index contributed by atoms with van der Waals surface area (Å²) in [6.07, 6.45) is 2.73. The maximum absolute atomic E-state index is 13.0. The smallest absolute Gasteiger partial charge is 0.304 e. The summed E-state index contributed by atoms with van der Waals surface area (Å²) in [6, 6.07) is 4.87. The van der Waals surface area contributed by atoms with E-state index in [1.807, 2.05) is 0 Å². The van der Waals surface area contributed by atoms with Crippen molar-refractivity contribution in [2.75, 3.05) is 49.0 Å². The maximum atomic E-state index is 13.0. The second kappa shape index (κ2) is 6.03. The van der Waals surface area contributed by atoms with Gasteiger partial charge in [0.05, 0.1) is 11.4 Å². The summed E-state index contributed by atoms with van der Waals surface area (Å²) in [5, 5.41) is 9.00. The first kappa shape index (κ1) is 16.9. The molecule has 2 saturated heterocycles. The van der Waals surface area contributed by atoms with Gasteiger partial charge in [-0.2, -0.15) is 18.0 Å². The molecule has 1 aromatic carbocycles. The number of carbonyl (C=O) groups excluding carboxylic acids is 1. The van der Waals surface area contributed by atoms with Crippen molar-refractivity contribution in [1.29, 1.82) is 5.26 Å². The topological polar surface area (TPSA) is 97.2 Å². The van der Waals surface area contributed by atoms with Gasteiger partial charge in [-0.05, 0) is 24.6 Å². The van der Waals surface area contributed by atoms with Crippen molar-refractivity contribution >= 4 is 27.5 Å². The molecule has 26 heavy (non-hydrogen) atoms. The number of benzene rings is 1. The lowest BCUT2D eigenvalue weighted by molar-refractivity contribution is -0.120. The molecule has 0 bridgehead atoms. The highest BCUT2D eigenvalue weighted by atomic mass is 32.2. The molecule has 3 heterocycles. The molecule has 4 rings (SSSR count). The van der Waals surface area contributed by atoms with E-state index < -0.39 is 10.2 Å². The van der Waals surface area contributed by atoms with E-state index in [-0.39, 0.29) is 18.6 Å². The zero-order chi connectivity index (χ0) is 18.5. The highest BCUT2D eigenvalue weighted by Crippen LogP contribution is 2.37. The highest BCUT2D eigenvalue weighted by Gasteiger charge is 2.43. The summed E-state index contributed by atoms with van der Waals surface area (Å²) in [6.45, 7) is 1.71. The molecule has 0 N–H and O–H groups in total. The third-order valence-corrected chi connectivity index (χ3v) is 7.15. The van der Waals surface area contributed by atoms with Crippen LogP contribution < -0.4 is 13.9 Å². The molecule has 0 spiro atoms. The first-order valence-corrected chi connectivity index (χ1v) is 9.79. The lowest BCUT2D eigenvalue weighted by Crippen LogP contribution is -2.41. The Morgan fingerprint density at radius 1 is 1.27 bits per heavy atom. The Balaban J connectivity index is 1.62. The number of carbonyl (C=O) groups is 1. The number of anilines is 2. The largest absolute Gasteiger partial charge is 0.482 e. The van der Waals surface area contributed by atoms with Gasteiger partial charge in [0.15, 0.2) is 12.8 Å². The lowest BCUT2D eigenvalue weighted by atomic mass is 10.2. The fraction of sp³-hybridized carbons (Fsp3) is 0.500. The molecule has 1 amide bonds. The Bertz CT molecular complexity index is 896. The molecule has 3 aliphatic rings. The lowest BCUT2D eigenvalue weighted by Gasteiger charge is -2.28. The molecule has 0 radical (unpaired) electrons. The van der Waals surface area contributed by atoms with Crippen LogP contribution in [0.2, 0.25) is 0 Å². The number of hydrogen-bond acceptors (Lipinski definition) is 6. The molecule has 1 aromatic rings. The number of nitriles is 1. The first-order chi connectivity index (χ1) is 12.4. The van der Waals surface area contributed by atoms with E-state index in [1.165, 1.54) is 13.5 Å². The van der Waals surface area contributed by atoms with E-state index >= 15 is 0 Å². The first-order valence-electron chi connectivity index (χ1n) is 8.39. The fourth-order valence-corrected chi connectivity index (χ4v) is 5.47. The zero-order valence-corrected chi connectivity index (χ0v) is 15.1. The molecule has 9 nitrogen and oxygen atoms in total. The summed E-state index contributed by atoms with van der Waals surface area (Å²) in [5.41, 5.74) is 1.07. The molecular weight excluding hydrogens is 358 g/mol. The average molecular weight is 377 g/mol. The third kappa shape index (κ3) is 2.55. The molecule has 0 aliphatic carbocycles. The van der Waals surface area contributed by atoms with Gasteiger partial charge in [0, 0.05) is 39.3 Å². The molecule has 10 heteroatoms. The van der Waals surface area contributed by atoms with Crippen LogP contribution in [0.15, 0.2) is 18.2 Å². The quantitative estimate of drug-likeness (QED) is 0.671. The van der Waals surface area contributed by atoms with E-state index in [1.54, 1.807) is 30.1 Å². The van der Waals surface area contributed by atoms with E-state index in [0.29, 0.717) is 49.7 Å². The highest BCUT2D eigenvalue weighted by molar-refractivity contribution is 7.90. The number of likely N-dealkylation sites (N-methyl/N-ethyl adjacent to an activating group) is 1. The third-order valence-electron chi connectivity index (χ3n) is 5.13. The predicted octanol–water partition coefficient (Wildman–Crippen LogP) is -0.0360. The molecule has 0 unspecified atom stereocenters. The van der Waals surface area contributed by atoms with Crippen LogP contribution in [0.4, 0.5) is 11.4 Å². The van der Waals surface area contributed by atoms with Crippen molar-refractivity contribution in [1.82, 2.24) is 9.21 Å². The maximum Gasteiger partial charge on any atom is 0.304 e. The Morgan fingerprint density at radius 2 is 2.08 bits per heavy atom. The van der Waals surface area contributed by atoms with E-state index in [9.17, 15) is 13.2 Å². The van der Waals surface area contributed by atoms with Crippen molar-refractivity contribution in [3.8, 4) is 11.9 Å². The minimum absolute atomic E-state index is 0.0181. The van der Waals surface area contributed by atoms with Gasteiger partial charge in [0.25, 0.3) is 5.91 Å². The summed E-state index contributed by atoms with van der Waals surface area (Å²) in [4.78, 5) is 14.9. The standard InChI is InChI=1S/C16H19N5O4S/c1-18-14-8-12(2-3-15(14)25-10-16(18)22)20-6-7-21(26(20,23)24)13-4-5-19(9-13)11-17/h2-3,8,13H,4-7,9-10H2,1H3/t13-/m1/s1. The Morgan fingerprint density at radius 3 is 2.81 bits per heavy atom. The van der Waals surface area contributed by atoms with Crippen LogP contribution in [0.1, 0.15) is 6.42 Å². The molecule has 0 saturated carbocycles. The van der Waals surface area contributed by atoms with E-state index in [0.717, 1.165) is 0 Å². The second-order valence-corrected chi connectivity index (χ2v) is 8.38. The second-order valence-electron chi connectivity index (χ2n) is 6.57. The van der Waals surface area contributed by atoms with Gasteiger partial charge in [-0.3, -0.25) is 9.10 Å². The van der Waals surface area contributed by atoms with E-state index in [4.69, 9.17) is 10.00 Å². The number of likely N-dealkylation sites (tertiary alicyclic amines) is 1. The number of nitrogens with zero attached hydrogens (tertiary/aromatic N) is 5. The monoisotopic (exact) mass is 377 g/mol. The molecule has 3 aliphatic heterocycles. The summed E-state index contributed by atoms with van der Waals surface area (Å²) in [5.74, 6) is 0.382. The van der Waals surface area contributed by atoms with Crippen molar-refractivity contribution in [2.24, 2.45) is 0 Å². The van der Waals surface area contributed by atoms with Gasteiger partial charge < -0.3 is 14.5 Å². The number of ether oxygens (including phenoxy) is 1. The van der Waals surface area contributed by atoms with Gasteiger partial charge in [0.2, 0.25) is 0 Å². The van der Waals surface area contributed by atoms with Crippen LogP contribution in [0.25, 0.3) is 0 Å². The van der Waals surface area contributed by atoms with Crippen molar-refractivity contribution < 1.29 is 17.9 Å². The van der Waals surface area contributed by atoms with Crippen molar-refractivity contribution in [3.05, 3.63) is 18.2 Å². The molecule has 2 fully saturated rings. The van der Waals surface area contributed by atoms with Gasteiger partial charge in [-0.25, -0.2) is 0 Å². The van der Waals surface area contributed by atoms with Crippen LogP contribution in [-0.2, 0) is 15.0 Å². The predicted molar refractivity (Wildman–Crippen MR) is 93.9 cm³/mol. The van der Waals surface area contributed by atoms with E-state index in [2.05, 4.69) is 6.19 Å². The molecule has 138 valence electrons. The summed E-state index contributed by atoms with van der Waals surface area (Å²) < 4.78 is 34.3. The summed E-state index contributed by atoms with van der Waals surface area (Å²) in [7, 11) is -2.02. The average Bonchev–Trinajstić information content (AvgIpc) is 3.21. The van der Waals surface area contributed by atoms with Gasteiger partial charge >= 0.3 is 10.2 Å². The number of amides is 1. The summed E-state index contributed by atoms with van der Waals surface area (Å²) >= 11 is 0. The number of hydrogen-bond donors (Lipinski definition) is 0. The minimum atomic E-state index is -3.67. The molecule has 1 atom stereocenters. The zero-order valence-electron chi connectivity index (χ0n) is 14.3. The van der Waals surface area contributed by atoms with Gasteiger partial charge in [-0.15, -0.1) is 0 Å². The number of fused-ring (bicyclic) bond motifs is 1. The van der Waals surface area contributed by atoms with Gasteiger partial charge in [-0.1, -0.05) is 0 Å². The van der Waals surface area contributed by atoms with Crippen molar-refractivity contribution in [3.63, 3.8) is 0 Å². The SMILES string of the molecule is CN1C(=O)COc2ccc(N3CCN([C@@H]4CCN(C#N)C4)S3(=O)=O)cc21. The van der Waals surface area contributed by atoms with Crippen LogP contribution in [0.3, 0.4) is 0 Å². The fourth-order valence-electron chi connectivity index (χ4n) is 3.66. The molecule has 0 aromatic heterocycles. The molecular formula is C16H19N5O4S. The normalized spacial score (nSPS) is 25.2. The Labute approximate surface area is 152 Å². The van der Waals surface area contributed by atoms with Crippen LogP contribution >= 0.6 is 0 Å². The minimum Gasteiger partial charge on any atom is -0.482 e. The van der Waals surface area contributed by atoms with Crippen LogP contribution in [-0.4, -0.2) is 69.4 Å². The Kier molecular flexibility index (Phi) is 3.93. The van der Waals surface area contributed by atoms with Gasteiger partial charge in [0.1, 0.15) is 5.75 Å².